The third-order valence-electron chi connectivity index (χ3n) is 7.19. The molecule has 4 fully saturated rings. The van der Waals surface area contributed by atoms with Gasteiger partial charge >= 0.3 is 0 Å². The molecule has 0 radical (unpaired) electrons. The Bertz CT molecular complexity index is 716. The zero-order chi connectivity index (χ0) is 19.3. The van der Waals surface area contributed by atoms with E-state index in [9.17, 15) is 18.0 Å². The molecule has 1 aromatic carbocycles. The van der Waals surface area contributed by atoms with E-state index in [2.05, 4.69) is 17.6 Å². The van der Waals surface area contributed by atoms with Crippen LogP contribution in [0.3, 0.4) is 0 Å². The summed E-state index contributed by atoms with van der Waals surface area (Å²) in [5, 5.41) is 5.77. The number of rotatable bonds is 5. The van der Waals surface area contributed by atoms with Gasteiger partial charge in [0.25, 0.3) is 0 Å². The average Bonchev–Trinajstić information content (AvgIpc) is 2.61. The van der Waals surface area contributed by atoms with Crippen molar-refractivity contribution in [1.29, 1.82) is 0 Å². The number of anilines is 1. The van der Waals surface area contributed by atoms with E-state index in [1.54, 1.807) is 6.92 Å². The molecule has 4 bridgehead atoms. The topological polar surface area (TPSA) is 41.1 Å². The number of benzene rings is 1. The van der Waals surface area contributed by atoms with Crippen LogP contribution < -0.4 is 10.6 Å². The van der Waals surface area contributed by atoms with Crippen LogP contribution in [0.2, 0.25) is 0 Å². The molecule has 6 heteroatoms. The van der Waals surface area contributed by atoms with Crippen LogP contribution in [-0.4, -0.2) is 18.0 Å². The Balaban J connectivity index is 1.41. The van der Waals surface area contributed by atoms with E-state index in [1.807, 2.05) is 0 Å². The highest BCUT2D eigenvalue weighted by Gasteiger charge is 2.53. The molecule has 0 spiro atoms. The van der Waals surface area contributed by atoms with Crippen LogP contribution in [0.5, 0.6) is 0 Å². The van der Waals surface area contributed by atoms with Crippen LogP contribution in [0.15, 0.2) is 12.1 Å². The number of halogens is 3. The minimum absolute atomic E-state index is 0.182. The van der Waals surface area contributed by atoms with Gasteiger partial charge in [-0.25, -0.2) is 13.2 Å². The molecule has 27 heavy (non-hydrogen) atoms. The molecule has 3 nitrogen and oxygen atoms in total. The first kappa shape index (κ1) is 18.8. The molecule has 2 atom stereocenters. The van der Waals surface area contributed by atoms with E-state index >= 15 is 0 Å². The molecular formula is C21H27F3N2O. The van der Waals surface area contributed by atoms with Crippen molar-refractivity contribution in [2.75, 3.05) is 5.32 Å². The second-order valence-corrected chi connectivity index (χ2v) is 9.10. The van der Waals surface area contributed by atoms with Gasteiger partial charge in [0.05, 0.1) is 11.7 Å². The number of carbonyl (C=O) groups excluding carboxylic acids is 1. The summed E-state index contributed by atoms with van der Waals surface area (Å²) in [6, 6.07) is 1.48. The normalized spacial score (nSPS) is 33.7. The average molecular weight is 380 g/mol. The molecule has 0 aromatic heterocycles. The van der Waals surface area contributed by atoms with E-state index < -0.39 is 29.4 Å². The first-order valence-corrected chi connectivity index (χ1v) is 9.98. The van der Waals surface area contributed by atoms with Gasteiger partial charge in [-0.05, 0) is 87.7 Å². The van der Waals surface area contributed by atoms with E-state index in [-0.39, 0.29) is 17.1 Å². The number of hydrogen-bond donors (Lipinski definition) is 2. The van der Waals surface area contributed by atoms with Gasteiger partial charge in [0.1, 0.15) is 0 Å². The summed E-state index contributed by atoms with van der Waals surface area (Å²) < 4.78 is 40.2. The molecule has 0 saturated heterocycles. The molecule has 4 saturated carbocycles. The van der Waals surface area contributed by atoms with Crippen LogP contribution in [0, 0.1) is 40.6 Å². The Morgan fingerprint density at radius 3 is 2.11 bits per heavy atom. The Morgan fingerprint density at radius 2 is 1.56 bits per heavy atom. The summed E-state index contributed by atoms with van der Waals surface area (Å²) >= 11 is 0. The zero-order valence-corrected chi connectivity index (χ0v) is 15.8. The maximum atomic E-state index is 13.8. The van der Waals surface area contributed by atoms with Gasteiger partial charge in [-0.1, -0.05) is 0 Å². The van der Waals surface area contributed by atoms with Crippen LogP contribution in [0.1, 0.15) is 52.4 Å². The highest BCUT2D eigenvalue weighted by Crippen LogP contribution is 2.61. The lowest BCUT2D eigenvalue weighted by Gasteiger charge is -2.59. The van der Waals surface area contributed by atoms with Crippen LogP contribution in [0.25, 0.3) is 0 Å². The lowest BCUT2D eigenvalue weighted by atomic mass is 9.48. The van der Waals surface area contributed by atoms with Crippen molar-refractivity contribution < 1.29 is 18.0 Å². The molecule has 4 aliphatic carbocycles. The van der Waals surface area contributed by atoms with E-state index in [0.29, 0.717) is 0 Å². The first-order valence-electron chi connectivity index (χ1n) is 9.98. The monoisotopic (exact) mass is 380 g/mol. The molecule has 4 aliphatic rings. The Morgan fingerprint density at radius 1 is 1.00 bits per heavy atom. The summed E-state index contributed by atoms with van der Waals surface area (Å²) in [6.45, 7) is 3.87. The number of amides is 1. The smallest absolute Gasteiger partial charge is 0.241 e. The van der Waals surface area contributed by atoms with Crippen LogP contribution >= 0.6 is 0 Å². The van der Waals surface area contributed by atoms with E-state index in [4.69, 9.17) is 0 Å². The second kappa shape index (κ2) is 6.80. The van der Waals surface area contributed by atoms with Crippen molar-refractivity contribution in [1.82, 2.24) is 5.32 Å². The SMILES string of the molecule is C[C@H](N[C@H](C)C(=O)Nc1ccc(F)c(F)c1F)C12CC3CC(CC(C3)C1)C2. The minimum atomic E-state index is -1.57. The third-order valence-corrected chi connectivity index (χ3v) is 7.19. The first-order chi connectivity index (χ1) is 12.8. The van der Waals surface area contributed by atoms with Crippen molar-refractivity contribution in [2.24, 2.45) is 23.2 Å². The van der Waals surface area contributed by atoms with Gasteiger partial charge in [-0.3, -0.25) is 4.79 Å². The fourth-order valence-electron chi connectivity index (χ4n) is 6.20. The van der Waals surface area contributed by atoms with Gasteiger partial charge in [0.2, 0.25) is 5.91 Å². The molecule has 0 aliphatic heterocycles. The lowest BCUT2D eigenvalue weighted by Crippen LogP contribution is -2.57. The Kier molecular flexibility index (Phi) is 4.73. The third kappa shape index (κ3) is 3.37. The minimum Gasteiger partial charge on any atom is -0.322 e. The van der Waals surface area contributed by atoms with Crippen molar-refractivity contribution in [2.45, 2.75) is 64.5 Å². The second-order valence-electron chi connectivity index (χ2n) is 9.10. The van der Waals surface area contributed by atoms with Gasteiger partial charge in [-0.2, -0.15) is 0 Å². The number of carbonyl (C=O) groups is 1. The lowest BCUT2D eigenvalue weighted by molar-refractivity contribution is -0.119. The highest BCUT2D eigenvalue weighted by molar-refractivity contribution is 5.94. The standard InChI is InChI=1S/C21H27F3N2O/c1-11(20(27)26-17-4-3-16(22)18(23)19(17)24)25-12(2)21-8-13-5-14(9-21)7-15(6-13)10-21/h3-4,11-15,25H,5-10H2,1-2H3,(H,26,27)/t11-,12+,13?,14?,15?,21?/m1/s1. The number of nitrogens with one attached hydrogen (secondary N) is 2. The largest absolute Gasteiger partial charge is 0.322 e. The quantitative estimate of drug-likeness (QED) is 0.732. The van der Waals surface area contributed by atoms with Gasteiger partial charge < -0.3 is 10.6 Å². The van der Waals surface area contributed by atoms with Crippen molar-refractivity contribution >= 4 is 11.6 Å². The molecule has 1 aromatic rings. The van der Waals surface area contributed by atoms with E-state index in [0.717, 1.165) is 29.9 Å². The van der Waals surface area contributed by atoms with E-state index in [1.165, 1.54) is 38.5 Å². The summed E-state index contributed by atoms with van der Waals surface area (Å²) in [5.74, 6) is -2.20. The maximum Gasteiger partial charge on any atom is 0.241 e. The molecular weight excluding hydrogens is 353 g/mol. The zero-order valence-electron chi connectivity index (χ0n) is 15.8. The molecule has 0 unspecified atom stereocenters. The molecule has 0 heterocycles. The fraction of sp³-hybridized carbons (Fsp3) is 0.667. The van der Waals surface area contributed by atoms with Crippen molar-refractivity contribution in [3.63, 3.8) is 0 Å². The van der Waals surface area contributed by atoms with Gasteiger partial charge in [0.15, 0.2) is 17.5 Å². The van der Waals surface area contributed by atoms with Crippen LogP contribution in [0.4, 0.5) is 18.9 Å². The Labute approximate surface area is 158 Å². The Hall–Kier alpha value is -1.56. The summed E-state index contributed by atoms with van der Waals surface area (Å²) in [5.41, 5.74) is -0.0914. The van der Waals surface area contributed by atoms with Crippen LogP contribution in [-0.2, 0) is 4.79 Å². The molecule has 1 amide bonds. The predicted molar refractivity (Wildman–Crippen MR) is 97.6 cm³/mol. The summed E-state index contributed by atoms with van der Waals surface area (Å²) in [6.07, 6.45) is 7.74. The number of hydrogen-bond acceptors (Lipinski definition) is 2. The molecule has 2 N–H and O–H groups in total. The highest BCUT2D eigenvalue weighted by atomic mass is 19.2. The summed E-state index contributed by atoms with van der Waals surface area (Å²) in [7, 11) is 0. The maximum absolute atomic E-state index is 13.8. The molecule has 148 valence electrons. The van der Waals surface area contributed by atoms with Crippen molar-refractivity contribution in [3.05, 3.63) is 29.6 Å². The van der Waals surface area contributed by atoms with Gasteiger partial charge in [0, 0.05) is 6.04 Å². The van der Waals surface area contributed by atoms with Crippen molar-refractivity contribution in [3.8, 4) is 0 Å². The summed E-state index contributed by atoms with van der Waals surface area (Å²) in [4.78, 5) is 12.5. The van der Waals surface area contributed by atoms with Gasteiger partial charge in [-0.15, -0.1) is 0 Å². The molecule has 5 rings (SSSR count). The fourth-order valence-corrected chi connectivity index (χ4v) is 6.20. The predicted octanol–water partition coefficient (Wildman–Crippen LogP) is 4.63.